The first-order valence-electron chi connectivity index (χ1n) is 8.70. The lowest BCUT2D eigenvalue weighted by Crippen LogP contribution is -2.35. The molecule has 1 aromatic heterocycles. The van der Waals surface area contributed by atoms with Crippen molar-refractivity contribution in [2.75, 3.05) is 11.4 Å². The van der Waals surface area contributed by atoms with E-state index in [1.807, 2.05) is 25.1 Å². The molecule has 1 aromatic carbocycles. The standard InChI is InChI=1S/C19H23N3O3S/c1-14(12-17-7-3-4-10-20-17)21-26(24,25)18-8-9-19-16(13-18)6-5-11-22(19)15(2)23/h3-4,7-10,13-14,21H,5-6,11-12H2,1-2H3/t14-/m0/s1. The quantitative estimate of drug-likeness (QED) is 0.872. The molecule has 7 heteroatoms. The molecular weight excluding hydrogens is 350 g/mol. The molecule has 2 heterocycles. The molecule has 1 atom stereocenters. The van der Waals surface area contributed by atoms with Crippen molar-refractivity contribution in [3.8, 4) is 0 Å². The van der Waals surface area contributed by atoms with E-state index in [0.717, 1.165) is 29.8 Å². The van der Waals surface area contributed by atoms with Gasteiger partial charge in [0, 0.05) is 43.5 Å². The summed E-state index contributed by atoms with van der Waals surface area (Å²) in [4.78, 5) is 17.9. The second-order valence-electron chi connectivity index (χ2n) is 6.61. The summed E-state index contributed by atoms with van der Waals surface area (Å²) in [6, 6.07) is 10.3. The molecule has 6 nitrogen and oxygen atoms in total. The predicted molar refractivity (Wildman–Crippen MR) is 101 cm³/mol. The largest absolute Gasteiger partial charge is 0.312 e. The molecule has 3 rings (SSSR count). The highest BCUT2D eigenvalue weighted by Crippen LogP contribution is 2.29. The molecule has 1 aliphatic heterocycles. The Morgan fingerprint density at radius 2 is 2.12 bits per heavy atom. The van der Waals surface area contributed by atoms with Gasteiger partial charge in [-0.2, -0.15) is 0 Å². The number of sulfonamides is 1. The smallest absolute Gasteiger partial charge is 0.240 e. The molecular formula is C19H23N3O3S. The van der Waals surface area contributed by atoms with Crippen molar-refractivity contribution < 1.29 is 13.2 Å². The molecule has 0 aliphatic carbocycles. The second kappa shape index (κ2) is 7.55. The number of aryl methyl sites for hydroxylation is 1. The minimum absolute atomic E-state index is 0.0244. The Balaban J connectivity index is 1.78. The minimum atomic E-state index is -3.63. The van der Waals surface area contributed by atoms with Gasteiger partial charge in [-0.3, -0.25) is 9.78 Å². The van der Waals surface area contributed by atoms with Crippen LogP contribution in [0.5, 0.6) is 0 Å². The number of pyridine rings is 1. The summed E-state index contributed by atoms with van der Waals surface area (Å²) < 4.78 is 28.2. The van der Waals surface area contributed by atoms with Crippen LogP contribution < -0.4 is 9.62 Å². The van der Waals surface area contributed by atoms with E-state index in [1.165, 1.54) is 6.92 Å². The van der Waals surface area contributed by atoms with Crippen molar-refractivity contribution in [1.82, 2.24) is 9.71 Å². The number of carbonyl (C=O) groups excluding carboxylic acids is 1. The van der Waals surface area contributed by atoms with Gasteiger partial charge in [-0.25, -0.2) is 13.1 Å². The highest BCUT2D eigenvalue weighted by molar-refractivity contribution is 7.89. The van der Waals surface area contributed by atoms with Gasteiger partial charge in [-0.05, 0) is 55.7 Å². The third kappa shape index (κ3) is 4.11. The van der Waals surface area contributed by atoms with Gasteiger partial charge in [0.1, 0.15) is 0 Å². The number of hydrogen-bond donors (Lipinski definition) is 1. The maximum Gasteiger partial charge on any atom is 0.240 e. The number of nitrogens with one attached hydrogen (secondary N) is 1. The third-order valence-electron chi connectivity index (χ3n) is 4.46. The fraction of sp³-hybridized carbons (Fsp3) is 0.368. The van der Waals surface area contributed by atoms with E-state index in [9.17, 15) is 13.2 Å². The molecule has 0 saturated carbocycles. The normalized spacial score (nSPS) is 15.4. The fourth-order valence-electron chi connectivity index (χ4n) is 3.27. The predicted octanol–water partition coefficient (Wildman–Crippen LogP) is 2.29. The molecule has 138 valence electrons. The van der Waals surface area contributed by atoms with Gasteiger partial charge in [0.15, 0.2) is 0 Å². The van der Waals surface area contributed by atoms with Crippen molar-refractivity contribution in [2.24, 2.45) is 0 Å². The van der Waals surface area contributed by atoms with Crippen LogP contribution in [0.3, 0.4) is 0 Å². The summed E-state index contributed by atoms with van der Waals surface area (Å²) in [6.45, 7) is 4.02. The number of aromatic nitrogens is 1. The minimum Gasteiger partial charge on any atom is -0.312 e. The first-order valence-corrected chi connectivity index (χ1v) is 10.2. The first kappa shape index (κ1) is 18.5. The summed E-state index contributed by atoms with van der Waals surface area (Å²) in [7, 11) is -3.63. The Morgan fingerprint density at radius 3 is 2.81 bits per heavy atom. The topological polar surface area (TPSA) is 79.4 Å². The van der Waals surface area contributed by atoms with E-state index in [1.54, 1.807) is 29.3 Å². The summed E-state index contributed by atoms with van der Waals surface area (Å²) in [6.07, 6.45) is 3.81. The number of benzene rings is 1. The average molecular weight is 373 g/mol. The molecule has 0 saturated heterocycles. The van der Waals surface area contributed by atoms with Crippen LogP contribution in [0.1, 0.15) is 31.5 Å². The monoisotopic (exact) mass is 373 g/mol. The van der Waals surface area contributed by atoms with Crippen molar-refractivity contribution in [2.45, 2.75) is 44.0 Å². The molecule has 0 radical (unpaired) electrons. The van der Waals surface area contributed by atoms with Gasteiger partial charge in [-0.15, -0.1) is 0 Å². The number of carbonyl (C=O) groups is 1. The molecule has 2 aromatic rings. The number of fused-ring (bicyclic) bond motifs is 1. The van der Waals surface area contributed by atoms with Crippen molar-refractivity contribution >= 4 is 21.6 Å². The number of anilines is 1. The van der Waals surface area contributed by atoms with Gasteiger partial charge >= 0.3 is 0 Å². The third-order valence-corrected chi connectivity index (χ3v) is 6.05. The summed E-state index contributed by atoms with van der Waals surface area (Å²) in [5, 5.41) is 0. The van der Waals surface area contributed by atoms with Crippen LogP contribution in [-0.2, 0) is 27.7 Å². The van der Waals surface area contributed by atoms with E-state index in [4.69, 9.17) is 0 Å². The van der Waals surface area contributed by atoms with Gasteiger partial charge in [-0.1, -0.05) is 6.07 Å². The maximum atomic E-state index is 12.7. The van der Waals surface area contributed by atoms with Gasteiger partial charge in [0.25, 0.3) is 0 Å². The van der Waals surface area contributed by atoms with Gasteiger partial charge < -0.3 is 4.90 Å². The SMILES string of the molecule is CC(=O)N1CCCc2cc(S(=O)(=O)N[C@@H](C)Cc3ccccn3)ccc21. The zero-order valence-electron chi connectivity index (χ0n) is 15.0. The lowest BCUT2D eigenvalue weighted by atomic mass is 10.0. The molecule has 0 unspecified atom stereocenters. The fourth-order valence-corrected chi connectivity index (χ4v) is 4.57. The summed E-state index contributed by atoms with van der Waals surface area (Å²) >= 11 is 0. The summed E-state index contributed by atoms with van der Waals surface area (Å²) in [5.41, 5.74) is 2.54. The molecule has 0 bridgehead atoms. The van der Waals surface area contributed by atoms with E-state index < -0.39 is 10.0 Å². The molecule has 26 heavy (non-hydrogen) atoms. The van der Waals surface area contributed by atoms with Crippen LogP contribution in [0.2, 0.25) is 0 Å². The van der Waals surface area contributed by atoms with Crippen LogP contribution >= 0.6 is 0 Å². The highest BCUT2D eigenvalue weighted by Gasteiger charge is 2.24. The Morgan fingerprint density at radius 1 is 1.31 bits per heavy atom. The van der Waals surface area contributed by atoms with Crippen LogP contribution in [0.4, 0.5) is 5.69 Å². The molecule has 1 aliphatic rings. The second-order valence-corrected chi connectivity index (χ2v) is 8.33. The first-order chi connectivity index (χ1) is 12.4. The van der Waals surface area contributed by atoms with Crippen LogP contribution in [-0.4, -0.2) is 31.9 Å². The zero-order chi connectivity index (χ0) is 18.7. The lowest BCUT2D eigenvalue weighted by molar-refractivity contribution is -0.116. The van der Waals surface area contributed by atoms with E-state index in [-0.39, 0.29) is 16.8 Å². The number of amides is 1. The Hall–Kier alpha value is -2.25. The summed E-state index contributed by atoms with van der Waals surface area (Å²) in [5.74, 6) is -0.0244. The Labute approximate surface area is 154 Å². The molecule has 0 fully saturated rings. The zero-order valence-corrected chi connectivity index (χ0v) is 15.8. The number of rotatable bonds is 5. The van der Waals surface area contributed by atoms with E-state index in [0.29, 0.717) is 13.0 Å². The van der Waals surface area contributed by atoms with Gasteiger partial charge in [0.05, 0.1) is 4.90 Å². The highest BCUT2D eigenvalue weighted by atomic mass is 32.2. The van der Waals surface area contributed by atoms with Gasteiger partial charge in [0.2, 0.25) is 15.9 Å². The van der Waals surface area contributed by atoms with Crippen LogP contribution in [0, 0.1) is 0 Å². The van der Waals surface area contributed by atoms with E-state index in [2.05, 4.69) is 9.71 Å². The molecule has 1 amide bonds. The molecule has 0 spiro atoms. The Kier molecular flexibility index (Phi) is 5.38. The van der Waals surface area contributed by atoms with E-state index >= 15 is 0 Å². The average Bonchev–Trinajstić information content (AvgIpc) is 2.60. The van der Waals surface area contributed by atoms with Crippen LogP contribution in [0.15, 0.2) is 47.5 Å². The lowest BCUT2D eigenvalue weighted by Gasteiger charge is -2.29. The number of hydrogen-bond acceptors (Lipinski definition) is 4. The molecule has 1 N–H and O–H groups in total. The Bertz CT molecular complexity index is 898. The van der Waals surface area contributed by atoms with Crippen molar-refractivity contribution in [3.05, 3.63) is 53.9 Å². The van der Waals surface area contributed by atoms with Crippen molar-refractivity contribution in [1.29, 1.82) is 0 Å². The maximum absolute atomic E-state index is 12.7. The number of nitrogens with zero attached hydrogens (tertiary/aromatic N) is 2. The van der Waals surface area contributed by atoms with Crippen LogP contribution in [0.25, 0.3) is 0 Å². The van der Waals surface area contributed by atoms with Crippen molar-refractivity contribution in [3.63, 3.8) is 0 Å².